The van der Waals surface area contributed by atoms with Crippen LogP contribution < -0.4 is 15.8 Å². The Hall–Kier alpha value is -2.55. The van der Waals surface area contributed by atoms with Crippen LogP contribution in [0.3, 0.4) is 0 Å². The number of hydrogen-bond donors (Lipinski definition) is 2. The molecule has 0 saturated heterocycles. The number of halogens is 1. The molecule has 0 amide bonds. The van der Waals surface area contributed by atoms with E-state index in [1.54, 1.807) is 7.11 Å². The van der Waals surface area contributed by atoms with Crippen molar-refractivity contribution in [3.05, 3.63) is 77.9 Å². The molecule has 1 heterocycles. The van der Waals surface area contributed by atoms with Gasteiger partial charge in [-0.25, -0.2) is 9.98 Å². The van der Waals surface area contributed by atoms with Crippen LogP contribution >= 0.6 is 24.0 Å². The van der Waals surface area contributed by atoms with Gasteiger partial charge in [0.05, 0.1) is 13.7 Å². The maximum absolute atomic E-state index is 6.00. The molecule has 7 heteroatoms. The number of aromatic nitrogens is 2. The van der Waals surface area contributed by atoms with Crippen LogP contribution in [0.5, 0.6) is 5.75 Å². The number of aliphatic imine (C=N–C) groups is 1. The fraction of sp³-hybridized carbons (Fsp3) is 0.200. The second-order valence-corrected chi connectivity index (χ2v) is 5.98. The molecule has 1 aromatic heterocycles. The fourth-order valence-electron chi connectivity index (χ4n) is 2.66. The Kier molecular flexibility index (Phi) is 7.66. The van der Waals surface area contributed by atoms with E-state index in [-0.39, 0.29) is 24.0 Å². The van der Waals surface area contributed by atoms with Crippen molar-refractivity contribution >= 4 is 35.6 Å². The lowest BCUT2D eigenvalue weighted by Crippen LogP contribution is -2.22. The number of rotatable bonds is 6. The first-order chi connectivity index (χ1) is 12.6. The molecule has 0 radical (unpaired) electrons. The predicted octanol–water partition coefficient (Wildman–Crippen LogP) is 3.79. The largest absolute Gasteiger partial charge is 0.497 e. The molecule has 2 aromatic carbocycles. The molecule has 0 fully saturated rings. The van der Waals surface area contributed by atoms with Crippen LogP contribution in [0.4, 0.5) is 5.69 Å². The lowest BCUT2D eigenvalue weighted by molar-refractivity contribution is 0.415. The van der Waals surface area contributed by atoms with Gasteiger partial charge in [-0.3, -0.25) is 0 Å². The normalized spacial score (nSPS) is 11.0. The highest BCUT2D eigenvalue weighted by atomic mass is 127. The number of methoxy groups -OCH3 is 1. The highest BCUT2D eigenvalue weighted by Gasteiger charge is 2.01. The lowest BCUT2D eigenvalue weighted by Gasteiger charge is -2.08. The van der Waals surface area contributed by atoms with Crippen molar-refractivity contribution in [1.82, 2.24) is 9.55 Å². The summed E-state index contributed by atoms with van der Waals surface area (Å²) in [6.45, 7) is 3.31. The topological polar surface area (TPSA) is 77.5 Å². The maximum atomic E-state index is 6.00. The Morgan fingerprint density at radius 2 is 1.96 bits per heavy atom. The molecule has 0 aliphatic carbocycles. The highest BCUT2D eigenvalue weighted by Crippen LogP contribution is 2.16. The smallest absolute Gasteiger partial charge is 0.193 e. The van der Waals surface area contributed by atoms with Gasteiger partial charge >= 0.3 is 0 Å². The molecule has 0 aliphatic rings. The number of nitrogens with one attached hydrogen (secondary N) is 1. The number of ether oxygens (including phenoxy) is 1. The van der Waals surface area contributed by atoms with Gasteiger partial charge in [0, 0.05) is 30.7 Å². The second kappa shape index (κ2) is 9.96. The molecule has 0 saturated carbocycles. The summed E-state index contributed by atoms with van der Waals surface area (Å²) in [5.41, 5.74) is 9.15. The molecule has 0 aliphatic heterocycles. The van der Waals surface area contributed by atoms with Crippen LogP contribution in [0.25, 0.3) is 0 Å². The number of nitrogens with zero attached hydrogens (tertiary/aromatic N) is 3. The van der Waals surface area contributed by atoms with Gasteiger partial charge in [0.2, 0.25) is 0 Å². The molecular weight excluding hydrogens is 453 g/mol. The van der Waals surface area contributed by atoms with Crippen LogP contribution in [-0.4, -0.2) is 22.6 Å². The van der Waals surface area contributed by atoms with Crippen LogP contribution in [0.15, 0.2) is 65.9 Å². The van der Waals surface area contributed by atoms with Gasteiger partial charge in [-0.15, -0.1) is 24.0 Å². The Morgan fingerprint density at radius 1 is 1.19 bits per heavy atom. The van der Waals surface area contributed by atoms with E-state index in [0.29, 0.717) is 12.5 Å². The van der Waals surface area contributed by atoms with Crippen molar-refractivity contribution in [1.29, 1.82) is 0 Å². The minimum atomic E-state index is 0. The highest BCUT2D eigenvalue weighted by molar-refractivity contribution is 14.0. The molecule has 3 rings (SSSR count). The summed E-state index contributed by atoms with van der Waals surface area (Å²) in [6.07, 6.45) is 3.80. The lowest BCUT2D eigenvalue weighted by atomic mass is 10.1. The predicted molar refractivity (Wildman–Crippen MR) is 120 cm³/mol. The SMILES string of the molecule is COc1cccc(NC(N)=NCc2cccc(Cn3ccnc3C)c2)c1.I. The zero-order valence-electron chi connectivity index (χ0n) is 15.4. The van der Waals surface area contributed by atoms with E-state index < -0.39 is 0 Å². The maximum Gasteiger partial charge on any atom is 0.193 e. The van der Waals surface area contributed by atoms with Crippen LogP contribution in [0.2, 0.25) is 0 Å². The van der Waals surface area contributed by atoms with Gasteiger partial charge in [-0.1, -0.05) is 30.3 Å². The second-order valence-electron chi connectivity index (χ2n) is 5.98. The first-order valence-corrected chi connectivity index (χ1v) is 8.40. The van der Waals surface area contributed by atoms with E-state index in [1.165, 1.54) is 5.56 Å². The van der Waals surface area contributed by atoms with Gasteiger partial charge < -0.3 is 20.4 Å². The molecule has 0 unspecified atom stereocenters. The van der Waals surface area contributed by atoms with E-state index in [0.717, 1.165) is 29.4 Å². The first-order valence-electron chi connectivity index (χ1n) is 8.40. The van der Waals surface area contributed by atoms with E-state index in [1.807, 2.05) is 55.7 Å². The number of hydrogen-bond acceptors (Lipinski definition) is 3. The standard InChI is InChI=1S/C20H23N5O.HI/c1-15-22-9-10-25(15)14-17-6-3-5-16(11-17)13-23-20(21)24-18-7-4-8-19(12-18)26-2;/h3-12H,13-14H2,1-2H3,(H3,21,23,24);1H. The quantitative estimate of drug-likeness (QED) is 0.322. The molecule has 0 spiro atoms. The first kappa shape index (κ1) is 20.8. The average molecular weight is 477 g/mol. The Labute approximate surface area is 176 Å². The minimum Gasteiger partial charge on any atom is -0.497 e. The van der Waals surface area contributed by atoms with Crippen molar-refractivity contribution in [3.63, 3.8) is 0 Å². The number of imidazole rings is 1. The van der Waals surface area contributed by atoms with Crippen LogP contribution in [0, 0.1) is 6.92 Å². The van der Waals surface area contributed by atoms with Crippen LogP contribution in [0.1, 0.15) is 17.0 Å². The van der Waals surface area contributed by atoms with Gasteiger partial charge in [0.15, 0.2) is 5.96 Å². The van der Waals surface area contributed by atoms with E-state index >= 15 is 0 Å². The number of anilines is 1. The summed E-state index contributed by atoms with van der Waals surface area (Å²) in [4.78, 5) is 8.68. The molecule has 6 nitrogen and oxygen atoms in total. The van der Waals surface area contributed by atoms with Gasteiger partial charge in [0.25, 0.3) is 0 Å². The van der Waals surface area contributed by atoms with Crippen LogP contribution in [-0.2, 0) is 13.1 Å². The number of benzene rings is 2. The van der Waals surface area contributed by atoms with Gasteiger partial charge in [0.1, 0.15) is 11.6 Å². The van der Waals surface area contributed by atoms with Gasteiger partial charge in [-0.2, -0.15) is 0 Å². The van der Waals surface area contributed by atoms with Crippen molar-refractivity contribution in [2.75, 3.05) is 12.4 Å². The Bertz CT molecular complexity index is 907. The zero-order valence-corrected chi connectivity index (χ0v) is 17.8. The third-order valence-electron chi connectivity index (χ3n) is 4.04. The third kappa shape index (κ3) is 5.99. The average Bonchev–Trinajstić information content (AvgIpc) is 3.05. The Balaban J connectivity index is 0.00000261. The molecule has 142 valence electrons. The molecule has 3 aromatic rings. The fourth-order valence-corrected chi connectivity index (χ4v) is 2.66. The van der Waals surface area contributed by atoms with Crippen molar-refractivity contribution in [3.8, 4) is 5.75 Å². The summed E-state index contributed by atoms with van der Waals surface area (Å²) in [5, 5.41) is 3.08. The number of aryl methyl sites for hydroxylation is 1. The number of guanidine groups is 1. The third-order valence-corrected chi connectivity index (χ3v) is 4.04. The summed E-state index contributed by atoms with van der Waals surface area (Å²) in [5.74, 6) is 2.14. The molecule has 27 heavy (non-hydrogen) atoms. The molecule has 0 bridgehead atoms. The Morgan fingerprint density at radius 3 is 2.70 bits per heavy atom. The molecule has 3 N–H and O–H groups in total. The summed E-state index contributed by atoms with van der Waals surface area (Å²) >= 11 is 0. The van der Waals surface area contributed by atoms with Crippen molar-refractivity contribution in [2.24, 2.45) is 10.7 Å². The summed E-state index contributed by atoms with van der Waals surface area (Å²) in [6, 6.07) is 15.9. The van der Waals surface area contributed by atoms with Gasteiger partial charge in [-0.05, 0) is 30.2 Å². The monoisotopic (exact) mass is 477 g/mol. The van der Waals surface area contributed by atoms with E-state index in [2.05, 4.69) is 32.0 Å². The summed E-state index contributed by atoms with van der Waals surface area (Å²) < 4.78 is 7.32. The number of nitrogens with two attached hydrogens (primary N) is 1. The molecule has 0 atom stereocenters. The van der Waals surface area contributed by atoms with Crippen molar-refractivity contribution in [2.45, 2.75) is 20.0 Å². The zero-order chi connectivity index (χ0) is 18.4. The molecular formula is C20H24IN5O. The van der Waals surface area contributed by atoms with E-state index in [9.17, 15) is 0 Å². The minimum absolute atomic E-state index is 0. The van der Waals surface area contributed by atoms with Crippen molar-refractivity contribution < 1.29 is 4.74 Å². The summed E-state index contributed by atoms with van der Waals surface area (Å²) in [7, 11) is 1.63. The van der Waals surface area contributed by atoms with E-state index in [4.69, 9.17) is 10.5 Å².